The van der Waals surface area contributed by atoms with E-state index in [1.165, 1.54) is 24.5 Å². The average Bonchev–Trinajstić information content (AvgIpc) is 3.24. The van der Waals surface area contributed by atoms with Crippen LogP contribution in [0.3, 0.4) is 0 Å². The summed E-state index contributed by atoms with van der Waals surface area (Å²) >= 11 is 1.39. The molecule has 0 saturated carbocycles. The van der Waals surface area contributed by atoms with Gasteiger partial charge < -0.3 is 23.7 Å². The number of carbonyl (C=O) groups excluding carboxylic acids is 2. The van der Waals surface area contributed by atoms with Crippen molar-refractivity contribution >= 4 is 23.2 Å². The van der Waals surface area contributed by atoms with Gasteiger partial charge in [0.05, 0.1) is 18.1 Å². The summed E-state index contributed by atoms with van der Waals surface area (Å²) in [5.41, 5.74) is 0.538. The van der Waals surface area contributed by atoms with Gasteiger partial charge in [-0.1, -0.05) is 6.07 Å². The van der Waals surface area contributed by atoms with Crippen LogP contribution in [0.25, 0.3) is 0 Å². The molecule has 0 unspecified atom stereocenters. The van der Waals surface area contributed by atoms with Gasteiger partial charge in [0.15, 0.2) is 0 Å². The van der Waals surface area contributed by atoms with Gasteiger partial charge in [-0.05, 0) is 30.7 Å². The summed E-state index contributed by atoms with van der Waals surface area (Å²) in [7, 11) is 1.31. The molecule has 2 aromatic rings. The number of amides is 1. The van der Waals surface area contributed by atoms with Crippen molar-refractivity contribution in [3.05, 3.63) is 50.1 Å². The van der Waals surface area contributed by atoms with Crippen molar-refractivity contribution in [1.82, 2.24) is 9.47 Å². The molecule has 1 saturated heterocycles. The molecule has 4 rings (SSSR count). The Morgan fingerprint density at radius 3 is 2.84 bits per heavy atom. The van der Waals surface area contributed by atoms with Crippen molar-refractivity contribution in [3.63, 3.8) is 0 Å². The largest absolute Gasteiger partial charge is 0.490 e. The quantitative estimate of drug-likeness (QED) is 0.656. The lowest BCUT2D eigenvalue weighted by Crippen LogP contribution is -2.33. The molecule has 2 aliphatic heterocycles. The zero-order valence-electron chi connectivity index (χ0n) is 17.5. The number of methoxy groups -OCH3 is 1. The van der Waals surface area contributed by atoms with E-state index in [4.69, 9.17) is 14.2 Å². The number of nitrogens with zero attached hydrogens (tertiary/aromatic N) is 2. The summed E-state index contributed by atoms with van der Waals surface area (Å²) in [4.78, 5) is 40.7. The van der Waals surface area contributed by atoms with Crippen molar-refractivity contribution in [2.24, 2.45) is 0 Å². The van der Waals surface area contributed by atoms with Crippen LogP contribution in [0.2, 0.25) is 0 Å². The smallest absolute Gasteiger partial charge is 0.343 e. The van der Waals surface area contributed by atoms with Gasteiger partial charge in [-0.25, -0.2) is 4.79 Å². The van der Waals surface area contributed by atoms with E-state index in [0.29, 0.717) is 43.2 Å². The highest BCUT2D eigenvalue weighted by Crippen LogP contribution is 2.26. The number of thiophene rings is 1. The van der Waals surface area contributed by atoms with Crippen molar-refractivity contribution < 1.29 is 23.8 Å². The first-order valence-corrected chi connectivity index (χ1v) is 11.4. The van der Waals surface area contributed by atoms with Crippen LogP contribution in [0.4, 0.5) is 0 Å². The summed E-state index contributed by atoms with van der Waals surface area (Å²) in [6.07, 6.45) is 3.29. The number of hydrogen-bond acceptors (Lipinski definition) is 7. The van der Waals surface area contributed by atoms with Gasteiger partial charge in [-0.3, -0.25) is 9.59 Å². The van der Waals surface area contributed by atoms with Crippen LogP contribution in [0.1, 0.15) is 45.0 Å². The maximum atomic E-state index is 12.9. The number of esters is 1. The van der Waals surface area contributed by atoms with Gasteiger partial charge in [0.1, 0.15) is 17.9 Å². The third-order valence-electron chi connectivity index (χ3n) is 5.70. The summed E-state index contributed by atoms with van der Waals surface area (Å²) in [6, 6.07) is 4.97. The average molecular weight is 447 g/mol. The van der Waals surface area contributed by atoms with Crippen molar-refractivity contribution in [1.29, 1.82) is 0 Å². The number of aromatic nitrogens is 1. The Kier molecular flexibility index (Phi) is 6.72. The van der Waals surface area contributed by atoms with Gasteiger partial charge >= 0.3 is 5.97 Å². The molecule has 8 nitrogen and oxygen atoms in total. The predicted molar refractivity (Wildman–Crippen MR) is 115 cm³/mol. The van der Waals surface area contributed by atoms with Crippen LogP contribution < -0.4 is 10.3 Å². The summed E-state index contributed by atoms with van der Waals surface area (Å²) in [5, 5.41) is 1.86. The Bertz CT molecular complexity index is 994. The Balaban J connectivity index is 1.60. The molecule has 1 atom stereocenters. The molecule has 166 valence electrons. The minimum atomic E-state index is -0.554. The van der Waals surface area contributed by atoms with Crippen molar-refractivity contribution in [2.45, 2.75) is 38.3 Å². The molecule has 0 bridgehead atoms. The number of fused-ring (bicyclic) bond motifs is 1. The molecule has 9 heteroatoms. The fourth-order valence-electron chi connectivity index (χ4n) is 4.07. The third-order valence-corrected chi connectivity index (χ3v) is 6.56. The van der Waals surface area contributed by atoms with E-state index in [1.807, 2.05) is 11.4 Å². The lowest BCUT2D eigenvalue weighted by molar-refractivity contribution is -0.0114. The molecule has 0 N–H and O–H groups in total. The topological polar surface area (TPSA) is 87.1 Å². The number of hydrogen-bond donors (Lipinski definition) is 0. The van der Waals surface area contributed by atoms with Gasteiger partial charge in [-0.15, -0.1) is 11.3 Å². The van der Waals surface area contributed by atoms with E-state index in [2.05, 4.69) is 0 Å². The number of rotatable bonds is 5. The molecule has 4 heterocycles. The maximum absolute atomic E-state index is 12.9. The van der Waals surface area contributed by atoms with E-state index >= 15 is 0 Å². The van der Waals surface area contributed by atoms with Crippen LogP contribution in [0, 0.1) is 0 Å². The van der Waals surface area contributed by atoms with E-state index in [-0.39, 0.29) is 35.5 Å². The predicted octanol–water partition coefficient (Wildman–Crippen LogP) is 2.34. The Labute approximate surface area is 184 Å². The fraction of sp³-hybridized carbons (Fsp3) is 0.500. The molecule has 0 radical (unpaired) electrons. The minimum absolute atomic E-state index is 0.0558. The molecule has 1 amide bonds. The van der Waals surface area contributed by atoms with E-state index in [9.17, 15) is 14.4 Å². The normalized spacial score (nSPS) is 18.7. The van der Waals surface area contributed by atoms with E-state index < -0.39 is 5.97 Å². The Hall–Kier alpha value is -2.65. The highest BCUT2D eigenvalue weighted by atomic mass is 32.1. The second kappa shape index (κ2) is 9.65. The van der Waals surface area contributed by atoms with Crippen LogP contribution in [-0.2, 0) is 22.4 Å². The number of ether oxygens (including phenoxy) is 3. The molecular weight excluding hydrogens is 420 g/mol. The second-order valence-corrected chi connectivity index (χ2v) is 8.58. The van der Waals surface area contributed by atoms with Gasteiger partial charge in [0.25, 0.3) is 11.5 Å². The molecule has 1 fully saturated rings. The van der Waals surface area contributed by atoms with Crippen LogP contribution >= 0.6 is 11.3 Å². The first-order chi connectivity index (χ1) is 15.1. The first kappa shape index (κ1) is 21.6. The third kappa shape index (κ3) is 4.67. The lowest BCUT2D eigenvalue weighted by atomic mass is 10.1. The van der Waals surface area contributed by atoms with Gasteiger partial charge in [0, 0.05) is 44.4 Å². The molecule has 2 aromatic heterocycles. The van der Waals surface area contributed by atoms with Crippen LogP contribution in [0.5, 0.6) is 5.75 Å². The zero-order valence-corrected chi connectivity index (χ0v) is 18.3. The standard InChI is InChI=1S/C22H26N2O6S/c1-28-22(27)20-16-7-8-23(21(26)18-6-4-12-31-18)9-10-24(16)19(25)13-17(20)30-14-15-5-2-3-11-29-15/h4,6,12-13,15H,2-3,5,7-11,14H2,1H3/t15-/m1/s1. The van der Waals surface area contributed by atoms with Crippen LogP contribution in [0.15, 0.2) is 28.4 Å². The van der Waals surface area contributed by atoms with E-state index in [0.717, 1.165) is 19.3 Å². The molecule has 0 aromatic carbocycles. The summed E-state index contributed by atoms with van der Waals surface area (Å²) in [6.45, 7) is 2.06. The highest BCUT2D eigenvalue weighted by Gasteiger charge is 2.28. The van der Waals surface area contributed by atoms with Crippen LogP contribution in [-0.4, -0.2) is 60.9 Å². The number of pyridine rings is 1. The van der Waals surface area contributed by atoms with Gasteiger partial charge in [-0.2, -0.15) is 0 Å². The van der Waals surface area contributed by atoms with E-state index in [1.54, 1.807) is 15.5 Å². The molecule has 0 aliphatic carbocycles. The molecular formula is C22H26N2O6S. The fourth-order valence-corrected chi connectivity index (χ4v) is 4.76. The maximum Gasteiger partial charge on any atom is 0.343 e. The highest BCUT2D eigenvalue weighted by molar-refractivity contribution is 7.12. The van der Waals surface area contributed by atoms with Gasteiger partial charge in [0.2, 0.25) is 0 Å². The molecule has 2 aliphatic rings. The molecule has 0 spiro atoms. The summed E-state index contributed by atoms with van der Waals surface area (Å²) in [5.74, 6) is -0.405. The van der Waals surface area contributed by atoms with Crippen molar-refractivity contribution in [2.75, 3.05) is 33.4 Å². The number of carbonyl (C=O) groups is 2. The monoisotopic (exact) mass is 446 g/mol. The minimum Gasteiger partial charge on any atom is -0.490 e. The Morgan fingerprint density at radius 2 is 2.13 bits per heavy atom. The van der Waals surface area contributed by atoms with Crippen molar-refractivity contribution in [3.8, 4) is 5.75 Å². The molecule has 31 heavy (non-hydrogen) atoms. The SMILES string of the molecule is COC(=O)c1c(OC[C@H]2CCCCO2)cc(=O)n2c1CCN(C(=O)c1cccs1)CC2. The Morgan fingerprint density at radius 1 is 1.26 bits per heavy atom. The summed E-state index contributed by atoms with van der Waals surface area (Å²) < 4.78 is 18.2. The zero-order chi connectivity index (χ0) is 21.8. The second-order valence-electron chi connectivity index (χ2n) is 7.63. The lowest BCUT2D eigenvalue weighted by Gasteiger charge is -2.24. The first-order valence-electron chi connectivity index (χ1n) is 10.5.